The van der Waals surface area contributed by atoms with Gasteiger partial charge in [0.15, 0.2) is 0 Å². The third-order valence-corrected chi connectivity index (χ3v) is 2.31. The second-order valence-corrected chi connectivity index (χ2v) is 4.91. The first kappa shape index (κ1) is 13.9. The van der Waals surface area contributed by atoms with Gasteiger partial charge in [-0.1, -0.05) is 20.8 Å². The van der Waals surface area contributed by atoms with Crippen LogP contribution in [-0.2, 0) is 9.59 Å². The van der Waals surface area contributed by atoms with Crippen molar-refractivity contribution < 1.29 is 14.7 Å². The number of carboxylic acids is 1. The lowest BCUT2D eigenvalue weighted by molar-refractivity contribution is -0.137. The van der Waals surface area contributed by atoms with Crippen molar-refractivity contribution in [3.63, 3.8) is 0 Å². The molecule has 0 saturated carbocycles. The lowest BCUT2D eigenvalue weighted by atomic mass is 9.83. The first-order chi connectivity index (χ1) is 6.73. The molecule has 15 heavy (non-hydrogen) atoms. The standard InChI is InChI=1S/C11H21NO3/c1-8(13)12-9(11(2,3)4)6-5-7-10(14)15/h9H,5-7H2,1-4H3,(H,12,13)(H,14,15). The van der Waals surface area contributed by atoms with Crippen molar-refractivity contribution >= 4 is 11.9 Å². The Balaban J connectivity index is 4.14. The van der Waals surface area contributed by atoms with E-state index in [1.165, 1.54) is 6.92 Å². The van der Waals surface area contributed by atoms with Gasteiger partial charge in [0, 0.05) is 19.4 Å². The van der Waals surface area contributed by atoms with Crippen LogP contribution in [0.4, 0.5) is 0 Å². The van der Waals surface area contributed by atoms with E-state index < -0.39 is 5.97 Å². The molecular weight excluding hydrogens is 194 g/mol. The van der Waals surface area contributed by atoms with Crippen LogP contribution in [0.2, 0.25) is 0 Å². The summed E-state index contributed by atoms with van der Waals surface area (Å²) in [5.74, 6) is -0.851. The molecule has 1 amide bonds. The lowest BCUT2D eigenvalue weighted by Gasteiger charge is -2.31. The van der Waals surface area contributed by atoms with Gasteiger partial charge in [0.25, 0.3) is 0 Å². The first-order valence-corrected chi connectivity index (χ1v) is 5.22. The van der Waals surface area contributed by atoms with Crippen molar-refractivity contribution in [2.75, 3.05) is 0 Å². The summed E-state index contributed by atoms with van der Waals surface area (Å²) < 4.78 is 0. The minimum absolute atomic E-state index is 0.0364. The van der Waals surface area contributed by atoms with Crippen molar-refractivity contribution in [1.29, 1.82) is 0 Å². The molecule has 0 spiro atoms. The second-order valence-electron chi connectivity index (χ2n) is 4.91. The van der Waals surface area contributed by atoms with Crippen molar-refractivity contribution in [2.45, 2.75) is 53.0 Å². The highest BCUT2D eigenvalue weighted by molar-refractivity contribution is 5.73. The Morgan fingerprint density at radius 3 is 2.20 bits per heavy atom. The van der Waals surface area contributed by atoms with Crippen molar-refractivity contribution in [1.82, 2.24) is 5.32 Å². The van der Waals surface area contributed by atoms with Crippen LogP contribution in [0.25, 0.3) is 0 Å². The highest BCUT2D eigenvalue weighted by atomic mass is 16.4. The first-order valence-electron chi connectivity index (χ1n) is 5.22. The van der Waals surface area contributed by atoms with E-state index in [2.05, 4.69) is 5.32 Å². The Hall–Kier alpha value is -1.06. The van der Waals surface area contributed by atoms with Gasteiger partial charge in [0.1, 0.15) is 0 Å². The average molecular weight is 215 g/mol. The number of rotatable bonds is 5. The van der Waals surface area contributed by atoms with Gasteiger partial charge in [-0.25, -0.2) is 0 Å². The second kappa shape index (κ2) is 5.73. The van der Waals surface area contributed by atoms with Crippen LogP contribution in [-0.4, -0.2) is 23.0 Å². The van der Waals surface area contributed by atoms with E-state index in [1.54, 1.807) is 0 Å². The maximum absolute atomic E-state index is 11.0. The van der Waals surface area contributed by atoms with E-state index in [9.17, 15) is 9.59 Å². The fraction of sp³-hybridized carbons (Fsp3) is 0.818. The minimum Gasteiger partial charge on any atom is -0.481 e. The molecule has 0 aliphatic rings. The number of carboxylic acid groups (broad SMARTS) is 1. The molecule has 1 atom stereocenters. The Kier molecular flexibility index (Phi) is 5.33. The summed E-state index contributed by atoms with van der Waals surface area (Å²) in [4.78, 5) is 21.3. The predicted octanol–water partition coefficient (Wildman–Crippen LogP) is 1.79. The molecule has 1 unspecified atom stereocenters. The third-order valence-electron chi connectivity index (χ3n) is 2.31. The minimum atomic E-state index is -0.787. The van der Waals surface area contributed by atoms with E-state index >= 15 is 0 Å². The largest absolute Gasteiger partial charge is 0.481 e. The molecule has 0 heterocycles. The number of hydrogen-bond acceptors (Lipinski definition) is 2. The molecule has 2 N–H and O–H groups in total. The summed E-state index contributed by atoms with van der Waals surface area (Å²) in [6.45, 7) is 7.59. The van der Waals surface area contributed by atoms with Gasteiger partial charge in [-0.2, -0.15) is 0 Å². The van der Waals surface area contributed by atoms with E-state index in [0.717, 1.165) is 0 Å². The van der Waals surface area contributed by atoms with Crippen molar-refractivity contribution in [3.05, 3.63) is 0 Å². The Bertz CT molecular complexity index is 230. The molecular formula is C11H21NO3. The summed E-state index contributed by atoms with van der Waals surface area (Å²) in [5, 5.41) is 11.4. The smallest absolute Gasteiger partial charge is 0.303 e. The highest BCUT2D eigenvalue weighted by Gasteiger charge is 2.24. The zero-order valence-electron chi connectivity index (χ0n) is 9.96. The van der Waals surface area contributed by atoms with Gasteiger partial charge in [-0.15, -0.1) is 0 Å². The highest BCUT2D eigenvalue weighted by Crippen LogP contribution is 2.23. The van der Waals surface area contributed by atoms with Crippen molar-refractivity contribution in [3.8, 4) is 0 Å². The van der Waals surface area contributed by atoms with Crippen LogP contribution in [0.3, 0.4) is 0 Å². The fourth-order valence-corrected chi connectivity index (χ4v) is 1.42. The van der Waals surface area contributed by atoms with Crippen LogP contribution < -0.4 is 5.32 Å². The van der Waals surface area contributed by atoms with Gasteiger partial charge in [-0.3, -0.25) is 9.59 Å². The number of amides is 1. The molecule has 4 heteroatoms. The SMILES string of the molecule is CC(=O)NC(CCCC(=O)O)C(C)(C)C. The Labute approximate surface area is 91.1 Å². The number of aliphatic carboxylic acids is 1. The molecule has 0 bridgehead atoms. The third kappa shape index (κ3) is 6.94. The molecule has 0 aromatic heterocycles. The zero-order chi connectivity index (χ0) is 12.1. The number of nitrogens with one attached hydrogen (secondary N) is 1. The van der Waals surface area contributed by atoms with Gasteiger partial charge < -0.3 is 10.4 Å². The van der Waals surface area contributed by atoms with Crippen LogP contribution in [0.1, 0.15) is 47.0 Å². The van der Waals surface area contributed by atoms with Gasteiger partial charge in [-0.05, 0) is 18.3 Å². The average Bonchev–Trinajstić information content (AvgIpc) is 1.99. The number of carbonyl (C=O) groups excluding carboxylic acids is 1. The zero-order valence-corrected chi connectivity index (χ0v) is 9.96. The molecule has 0 fully saturated rings. The topological polar surface area (TPSA) is 66.4 Å². The molecule has 0 aliphatic carbocycles. The van der Waals surface area contributed by atoms with Gasteiger partial charge in [0.2, 0.25) is 5.91 Å². The van der Waals surface area contributed by atoms with E-state index in [0.29, 0.717) is 12.8 Å². The molecule has 88 valence electrons. The van der Waals surface area contributed by atoms with Gasteiger partial charge >= 0.3 is 5.97 Å². The number of carbonyl (C=O) groups is 2. The summed E-state index contributed by atoms with van der Waals surface area (Å²) in [5.41, 5.74) is -0.0375. The Morgan fingerprint density at radius 2 is 1.87 bits per heavy atom. The fourth-order valence-electron chi connectivity index (χ4n) is 1.42. The summed E-state index contributed by atoms with van der Waals surface area (Å²) >= 11 is 0. The van der Waals surface area contributed by atoms with E-state index in [4.69, 9.17) is 5.11 Å². The molecule has 4 nitrogen and oxygen atoms in total. The molecule has 0 aliphatic heterocycles. The maximum atomic E-state index is 11.0. The maximum Gasteiger partial charge on any atom is 0.303 e. The van der Waals surface area contributed by atoms with E-state index in [-0.39, 0.29) is 23.8 Å². The quantitative estimate of drug-likeness (QED) is 0.734. The lowest BCUT2D eigenvalue weighted by Crippen LogP contribution is -2.42. The number of hydrogen-bond donors (Lipinski definition) is 2. The van der Waals surface area contributed by atoms with E-state index in [1.807, 2.05) is 20.8 Å². The molecule has 0 saturated heterocycles. The van der Waals surface area contributed by atoms with Crippen LogP contribution in [0.15, 0.2) is 0 Å². The van der Waals surface area contributed by atoms with Crippen LogP contribution >= 0.6 is 0 Å². The summed E-state index contributed by atoms with van der Waals surface area (Å²) in [7, 11) is 0. The molecule has 0 rings (SSSR count). The predicted molar refractivity (Wildman–Crippen MR) is 58.5 cm³/mol. The van der Waals surface area contributed by atoms with Crippen molar-refractivity contribution in [2.24, 2.45) is 5.41 Å². The monoisotopic (exact) mass is 215 g/mol. The van der Waals surface area contributed by atoms with Crippen LogP contribution in [0, 0.1) is 5.41 Å². The van der Waals surface area contributed by atoms with Gasteiger partial charge in [0.05, 0.1) is 0 Å². The molecule has 0 radical (unpaired) electrons. The molecule has 0 aromatic rings. The van der Waals surface area contributed by atoms with Crippen LogP contribution in [0.5, 0.6) is 0 Å². The Morgan fingerprint density at radius 1 is 1.33 bits per heavy atom. The normalized spacial score (nSPS) is 13.3. The molecule has 0 aromatic carbocycles. The summed E-state index contributed by atoms with van der Waals surface area (Å²) in [6, 6.07) is 0.0364. The summed E-state index contributed by atoms with van der Waals surface area (Å²) in [6.07, 6.45) is 1.46.